The Kier molecular flexibility index (Phi) is 7.34. The molecule has 1 saturated heterocycles. The van der Waals surface area contributed by atoms with E-state index in [1.54, 1.807) is 24.3 Å². The molecule has 10 heteroatoms. The van der Waals surface area contributed by atoms with E-state index < -0.39 is 35.5 Å². The van der Waals surface area contributed by atoms with Crippen LogP contribution in [0.15, 0.2) is 46.9 Å². The van der Waals surface area contributed by atoms with Gasteiger partial charge in [-0.05, 0) is 36.8 Å². The van der Waals surface area contributed by atoms with Gasteiger partial charge in [0.05, 0.1) is 0 Å². The van der Waals surface area contributed by atoms with Crippen molar-refractivity contribution in [1.29, 1.82) is 0 Å². The third kappa shape index (κ3) is 5.26. The van der Waals surface area contributed by atoms with Crippen LogP contribution in [0.25, 0.3) is 0 Å². The van der Waals surface area contributed by atoms with Crippen LogP contribution in [0, 0.1) is 11.6 Å². The highest BCUT2D eigenvalue weighted by molar-refractivity contribution is 9.10. The molecule has 1 unspecified atom stereocenters. The van der Waals surface area contributed by atoms with Crippen molar-refractivity contribution in [2.75, 3.05) is 26.2 Å². The topological polar surface area (TPSA) is 95.7 Å². The highest BCUT2D eigenvalue weighted by atomic mass is 79.9. The Labute approximate surface area is 186 Å². The molecule has 7 nitrogen and oxygen atoms in total. The fraction of sp³-hybridized carbons (Fsp3) is 0.286. The number of nitrogens with two attached hydrogens (primary N) is 1. The molecule has 3 amide bonds. The van der Waals surface area contributed by atoms with E-state index >= 15 is 0 Å². The minimum atomic E-state index is -1.29. The predicted octanol–water partition coefficient (Wildman–Crippen LogP) is 2.12. The van der Waals surface area contributed by atoms with E-state index in [9.17, 15) is 23.2 Å². The predicted molar refractivity (Wildman–Crippen MR) is 113 cm³/mol. The summed E-state index contributed by atoms with van der Waals surface area (Å²) in [5, 5.41) is 2.60. The minimum absolute atomic E-state index is 0.139. The molecular formula is C21H21BrF2N4O3. The van der Waals surface area contributed by atoms with E-state index in [1.165, 1.54) is 4.90 Å². The first-order chi connectivity index (χ1) is 14.8. The number of carbonyl (C=O) groups is 3. The first-order valence-electron chi connectivity index (χ1n) is 9.63. The average Bonchev–Trinajstić information content (AvgIpc) is 2.75. The lowest BCUT2D eigenvalue weighted by Gasteiger charge is -2.42. The maximum Gasteiger partial charge on any atom is 0.263 e. The Hall–Kier alpha value is -2.85. The van der Waals surface area contributed by atoms with E-state index in [1.807, 2.05) is 0 Å². The van der Waals surface area contributed by atoms with Crippen molar-refractivity contribution < 1.29 is 23.2 Å². The zero-order valence-electron chi connectivity index (χ0n) is 16.5. The van der Waals surface area contributed by atoms with Crippen LogP contribution in [0.2, 0.25) is 0 Å². The van der Waals surface area contributed by atoms with Gasteiger partial charge in [0.1, 0.15) is 11.6 Å². The molecule has 1 fully saturated rings. The Morgan fingerprint density at radius 3 is 2.19 bits per heavy atom. The average molecular weight is 495 g/mol. The molecule has 2 aromatic rings. The number of hydrogen-bond acceptors (Lipinski definition) is 4. The van der Waals surface area contributed by atoms with Crippen molar-refractivity contribution >= 4 is 33.7 Å². The summed E-state index contributed by atoms with van der Waals surface area (Å²) in [5.74, 6) is -3.62. The summed E-state index contributed by atoms with van der Waals surface area (Å²) in [6, 6.07) is 9.10. The SMILES string of the molecule is NCCNC(=O)C1N(C(=O)c2cc(F)cc(F)c2)CCCN1C(=O)c1cccc(Br)c1. The Morgan fingerprint density at radius 1 is 1.00 bits per heavy atom. The van der Waals surface area contributed by atoms with Crippen molar-refractivity contribution in [1.82, 2.24) is 15.1 Å². The Bertz CT molecular complexity index is 984. The molecule has 0 aromatic heterocycles. The maximum atomic E-state index is 13.7. The maximum absolute atomic E-state index is 13.7. The molecule has 0 bridgehead atoms. The zero-order chi connectivity index (χ0) is 22.5. The molecule has 1 atom stereocenters. The van der Waals surface area contributed by atoms with Gasteiger partial charge in [0, 0.05) is 47.8 Å². The number of nitrogens with one attached hydrogen (secondary N) is 1. The number of hydrogen-bond donors (Lipinski definition) is 2. The van der Waals surface area contributed by atoms with Crippen LogP contribution >= 0.6 is 15.9 Å². The fourth-order valence-electron chi connectivity index (χ4n) is 3.45. The Morgan fingerprint density at radius 2 is 1.61 bits per heavy atom. The molecule has 0 saturated carbocycles. The van der Waals surface area contributed by atoms with Crippen LogP contribution in [-0.4, -0.2) is 59.9 Å². The van der Waals surface area contributed by atoms with Crippen LogP contribution in [-0.2, 0) is 4.79 Å². The van der Waals surface area contributed by atoms with Gasteiger partial charge >= 0.3 is 0 Å². The van der Waals surface area contributed by atoms with Crippen molar-refractivity contribution in [3.8, 4) is 0 Å². The van der Waals surface area contributed by atoms with Crippen molar-refractivity contribution in [3.05, 3.63) is 69.7 Å². The molecule has 3 rings (SSSR count). The van der Waals surface area contributed by atoms with Crippen LogP contribution in [0.4, 0.5) is 8.78 Å². The molecule has 31 heavy (non-hydrogen) atoms. The third-order valence-electron chi connectivity index (χ3n) is 4.77. The number of rotatable bonds is 5. The molecule has 0 radical (unpaired) electrons. The molecule has 1 heterocycles. The summed E-state index contributed by atoms with van der Waals surface area (Å²) in [7, 11) is 0. The molecular weight excluding hydrogens is 474 g/mol. The van der Waals surface area contributed by atoms with E-state index in [0.29, 0.717) is 22.5 Å². The largest absolute Gasteiger partial charge is 0.351 e. The first kappa shape index (κ1) is 22.8. The number of halogens is 3. The zero-order valence-corrected chi connectivity index (χ0v) is 18.1. The van der Waals surface area contributed by atoms with Gasteiger partial charge in [0.15, 0.2) is 6.17 Å². The van der Waals surface area contributed by atoms with E-state index in [2.05, 4.69) is 21.2 Å². The van der Waals surface area contributed by atoms with E-state index in [0.717, 1.165) is 17.0 Å². The van der Waals surface area contributed by atoms with Gasteiger partial charge in [-0.15, -0.1) is 0 Å². The van der Waals surface area contributed by atoms with E-state index in [-0.39, 0.29) is 31.7 Å². The molecule has 1 aliphatic heterocycles. The lowest BCUT2D eigenvalue weighted by molar-refractivity contribution is -0.132. The monoisotopic (exact) mass is 494 g/mol. The van der Waals surface area contributed by atoms with Crippen molar-refractivity contribution in [2.24, 2.45) is 5.73 Å². The molecule has 1 aliphatic rings. The summed E-state index contributed by atoms with van der Waals surface area (Å²) in [4.78, 5) is 41.7. The first-order valence-corrected chi connectivity index (χ1v) is 10.4. The van der Waals surface area contributed by atoms with Gasteiger partial charge in [0.2, 0.25) is 0 Å². The third-order valence-corrected chi connectivity index (χ3v) is 5.26. The summed E-state index contributed by atoms with van der Waals surface area (Å²) in [6.07, 6.45) is -0.894. The van der Waals surface area contributed by atoms with Gasteiger partial charge in [-0.1, -0.05) is 22.0 Å². The second kappa shape index (κ2) is 9.97. The van der Waals surface area contributed by atoms with Crippen LogP contribution in [0.3, 0.4) is 0 Å². The fourth-order valence-corrected chi connectivity index (χ4v) is 3.85. The van der Waals surface area contributed by atoms with Gasteiger partial charge in [-0.2, -0.15) is 0 Å². The summed E-state index contributed by atoms with van der Waals surface area (Å²) >= 11 is 3.31. The standard InChI is InChI=1S/C21H21BrF2N4O3/c22-15-4-1-3-13(9-15)20(30)27-7-2-8-28(19(27)18(29)26-6-5-25)21(31)14-10-16(23)12-17(24)11-14/h1,3-4,9-12,19H,2,5-8,25H2,(H,26,29). The van der Waals surface area contributed by atoms with Gasteiger partial charge < -0.3 is 20.9 Å². The molecule has 2 aromatic carbocycles. The van der Waals surface area contributed by atoms with Crippen LogP contribution < -0.4 is 11.1 Å². The smallest absolute Gasteiger partial charge is 0.263 e. The Balaban J connectivity index is 1.98. The van der Waals surface area contributed by atoms with E-state index in [4.69, 9.17) is 5.73 Å². The summed E-state index contributed by atoms with van der Waals surface area (Å²) in [6.45, 7) is 0.680. The number of amides is 3. The lowest BCUT2D eigenvalue weighted by Crippen LogP contribution is -2.63. The van der Waals surface area contributed by atoms with Crippen molar-refractivity contribution in [2.45, 2.75) is 12.6 Å². The summed E-state index contributed by atoms with van der Waals surface area (Å²) in [5.41, 5.74) is 5.55. The van der Waals surface area contributed by atoms with Gasteiger partial charge in [0.25, 0.3) is 17.7 Å². The summed E-state index contributed by atoms with van der Waals surface area (Å²) < 4.78 is 28.0. The van der Waals surface area contributed by atoms with Gasteiger partial charge in [-0.25, -0.2) is 8.78 Å². The highest BCUT2D eigenvalue weighted by Crippen LogP contribution is 2.23. The molecule has 0 spiro atoms. The normalized spacial score (nSPS) is 16.2. The quantitative estimate of drug-likeness (QED) is 0.665. The second-order valence-corrected chi connectivity index (χ2v) is 7.89. The molecule has 164 valence electrons. The van der Waals surface area contributed by atoms with Crippen molar-refractivity contribution in [3.63, 3.8) is 0 Å². The second-order valence-electron chi connectivity index (χ2n) is 6.97. The molecule has 0 aliphatic carbocycles. The highest BCUT2D eigenvalue weighted by Gasteiger charge is 2.40. The lowest BCUT2D eigenvalue weighted by atomic mass is 10.1. The number of benzene rings is 2. The number of carbonyl (C=O) groups excluding carboxylic acids is 3. The van der Waals surface area contributed by atoms with Crippen LogP contribution in [0.1, 0.15) is 27.1 Å². The van der Waals surface area contributed by atoms with Gasteiger partial charge in [-0.3, -0.25) is 14.4 Å². The number of nitrogens with zero attached hydrogens (tertiary/aromatic N) is 2. The minimum Gasteiger partial charge on any atom is -0.351 e. The molecule has 3 N–H and O–H groups in total. The van der Waals surface area contributed by atoms with Crippen LogP contribution in [0.5, 0.6) is 0 Å².